The first-order valence-electron chi connectivity index (χ1n) is 6.12. The molecule has 0 aliphatic rings. The standard InChI is InChI=1S/C14H15FN2O2/c1-2-11(8-18)16-14(19)12-6-4-9-3-5-10(15)7-13(9)17-12/h3-7,11,18H,2,8H2,1H3,(H,16,19). The van der Waals surface area contributed by atoms with Crippen molar-refractivity contribution >= 4 is 16.8 Å². The van der Waals surface area contributed by atoms with Crippen LogP contribution in [0.4, 0.5) is 4.39 Å². The average Bonchev–Trinajstić information content (AvgIpc) is 2.43. The maximum Gasteiger partial charge on any atom is 0.270 e. The number of aliphatic hydroxyl groups is 1. The molecule has 2 N–H and O–H groups in total. The molecule has 100 valence electrons. The summed E-state index contributed by atoms with van der Waals surface area (Å²) in [5.41, 5.74) is 0.648. The topological polar surface area (TPSA) is 62.2 Å². The zero-order valence-corrected chi connectivity index (χ0v) is 10.6. The average molecular weight is 262 g/mol. The molecule has 0 radical (unpaired) electrons. The molecule has 19 heavy (non-hydrogen) atoms. The van der Waals surface area contributed by atoms with E-state index < -0.39 is 0 Å². The molecule has 0 spiro atoms. The van der Waals surface area contributed by atoms with E-state index in [4.69, 9.17) is 5.11 Å². The van der Waals surface area contributed by atoms with E-state index in [-0.39, 0.29) is 30.1 Å². The van der Waals surface area contributed by atoms with Crippen molar-refractivity contribution in [3.63, 3.8) is 0 Å². The smallest absolute Gasteiger partial charge is 0.270 e. The van der Waals surface area contributed by atoms with Gasteiger partial charge in [-0.25, -0.2) is 9.37 Å². The first kappa shape index (κ1) is 13.4. The lowest BCUT2D eigenvalue weighted by Gasteiger charge is -2.13. The van der Waals surface area contributed by atoms with E-state index in [2.05, 4.69) is 10.3 Å². The van der Waals surface area contributed by atoms with Crippen LogP contribution in [0.5, 0.6) is 0 Å². The van der Waals surface area contributed by atoms with Crippen LogP contribution in [0.25, 0.3) is 10.9 Å². The predicted octanol–water partition coefficient (Wildman–Crippen LogP) is 1.87. The second-order valence-electron chi connectivity index (χ2n) is 4.29. The number of amides is 1. The molecule has 1 atom stereocenters. The number of carbonyl (C=O) groups is 1. The van der Waals surface area contributed by atoms with Gasteiger partial charge in [-0.05, 0) is 24.6 Å². The highest BCUT2D eigenvalue weighted by Crippen LogP contribution is 2.14. The van der Waals surface area contributed by atoms with E-state index in [1.165, 1.54) is 12.1 Å². The third-order valence-electron chi connectivity index (χ3n) is 2.94. The van der Waals surface area contributed by atoms with E-state index in [9.17, 15) is 9.18 Å². The summed E-state index contributed by atoms with van der Waals surface area (Å²) in [6.45, 7) is 1.74. The summed E-state index contributed by atoms with van der Waals surface area (Å²) in [5.74, 6) is -0.758. The summed E-state index contributed by atoms with van der Waals surface area (Å²) in [6, 6.07) is 7.26. The van der Waals surface area contributed by atoms with Gasteiger partial charge in [0.05, 0.1) is 18.2 Å². The van der Waals surface area contributed by atoms with Crippen LogP contribution in [0.1, 0.15) is 23.8 Å². The molecule has 1 unspecified atom stereocenters. The van der Waals surface area contributed by atoms with Crippen molar-refractivity contribution in [3.05, 3.63) is 41.8 Å². The van der Waals surface area contributed by atoms with Gasteiger partial charge in [-0.3, -0.25) is 4.79 Å². The monoisotopic (exact) mass is 262 g/mol. The molecule has 0 aliphatic carbocycles. The van der Waals surface area contributed by atoms with Gasteiger partial charge in [-0.1, -0.05) is 13.0 Å². The molecule has 0 aliphatic heterocycles. The van der Waals surface area contributed by atoms with Crippen LogP contribution >= 0.6 is 0 Å². The molecule has 0 fully saturated rings. The third-order valence-corrected chi connectivity index (χ3v) is 2.94. The van der Waals surface area contributed by atoms with Crippen molar-refractivity contribution in [3.8, 4) is 0 Å². The Hall–Kier alpha value is -2.01. The first-order valence-corrected chi connectivity index (χ1v) is 6.12. The van der Waals surface area contributed by atoms with E-state index in [0.29, 0.717) is 11.9 Å². The SMILES string of the molecule is CCC(CO)NC(=O)c1ccc2ccc(F)cc2n1. The fourth-order valence-corrected chi connectivity index (χ4v) is 1.75. The van der Waals surface area contributed by atoms with Crippen LogP contribution in [0, 0.1) is 5.82 Å². The molecule has 1 heterocycles. The number of pyridine rings is 1. The molecule has 4 nitrogen and oxygen atoms in total. The van der Waals surface area contributed by atoms with Crippen LogP contribution < -0.4 is 5.32 Å². The summed E-state index contributed by atoms with van der Waals surface area (Å²) in [5, 5.41) is 12.5. The summed E-state index contributed by atoms with van der Waals surface area (Å²) >= 11 is 0. The molecule has 5 heteroatoms. The van der Waals surface area contributed by atoms with Gasteiger partial charge in [-0.15, -0.1) is 0 Å². The van der Waals surface area contributed by atoms with Gasteiger partial charge in [-0.2, -0.15) is 0 Å². The zero-order chi connectivity index (χ0) is 13.8. The first-order chi connectivity index (χ1) is 9.13. The quantitative estimate of drug-likeness (QED) is 0.884. The highest BCUT2D eigenvalue weighted by Gasteiger charge is 2.13. The molecule has 1 aromatic carbocycles. The highest BCUT2D eigenvalue weighted by atomic mass is 19.1. The number of halogens is 1. The minimum Gasteiger partial charge on any atom is -0.394 e. The molecule has 1 aromatic heterocycles. The number of nitrogens with one attached hydrogen (secondary N) is 1. The van der Waals surface area contributed by atoms with Crippen LogP contribution in [-0.2, 0) is 0 Å². The second-order valence-corrected chi connectivity index (χ2v) is 4.29. The van der Waals surface area contributed by atoms with Crippen LogP contribution in [0.15, 0.2) is 30.3 Å². The minimum absolute atomic E-state index is 0.121. The fraction of sp³-hybridized carbons (Fsp3) is 0.286. The predicted molar refractivity (Wildman–Crippen MR) is 70.3 cm³/mol. The maximum absolute atomic E-state index is 13.1. The van der Waals surface area contributed by atoms with Gasteiger partial charge in [0, 0.05) is 11.5 Å². The number of fused-ring (bicyclic) bond motifs is 1. The van der Waals surface area contributed by atoms with Gasteiger partial charge in [0.25, 0.3) is 5.91 Å². The number of hydrogen-bond donors (Lipinski definition) is 2. The summed E-state index contributed by atoms with van der Waals surface area (Å²) in [7, 11) is 0. The molecule has 0 saturated carbocycles. The molecule has 0 bridgehead atoms. The lowest BCUT2D eigenvalue weighted by atomic mass is 10.2. The molecule has 2 aromatic rings. The number of aromatic nitrogens is 1. The summed E-state index contributed by atoms with van der Waals surface area (Å²) < 4.78 is 13.1. The van der Waals surface area contributed by atoms with Gasteiger partial charge in [0.2, 0.25) is 0 Å². The van der Waals surface area contributed by atoms with Crippen LogP contribution in [0.2, 0.25) is 0 Å². The highest BCUT2D eigenvalue weighted by molar-refractivity contribution is 5.95. The van der Waals surface area contributed by atoms with Gasteiger partial charge in [0.1, 0.15) is 11.5 Å². The number of carbonyl (C=O) groups excluding carboxylic acids is 1. The minimum atomic E-state index is -0.389. The Labute approximate surface area is 110 Å². The Morgan fingerprint density at radius 3 is 2.84 bits per heavy atom. The molecule has 0 saturated heterocycles. The fourth-order valence-electron chi connectivity index (χ4n) is 1.75. The molecule has 2 rings (SSSR count). The second kappa shape index (κ2) is 5.75. The maximum atomic E-state index is 13.1. The Balaban J connectivity index is 2.27. The normalized spacial score (nSPS) is 12.4. The summed E-state index contributed by atoms with van der Waals surface area (Å²) in [4.78, 5) is 16.0. The molecular formula is C14H15FN2O2. The molecule has 1 amide bonds. The Bertz CT molecular complexity index is 597. The van der Waals surface area contributed by atoms with Gasteiger partial charge >= 0.3 is 0 Å². The number of benzene rings is 1. The van der Waals surface area contributed by atoms with E-state index in [0.717, 1.165) is 5.39 Å². The van der Waals surface area contributed by atoms with Gasteiger partial charge < -0.3 is 10.4 Å². The Kier molecular flexibility index (Phi) is 4.06. The number of rotatable bonds is 4. The number of hydrogen-bond acceptors (Lipinski definition) is 3. The van der Waals surface area contributed by atoms with Crippen molar-refractivity contribution in [2.75, 3.05) is 6.61 Å². The number of nitrogens with zero attached hydrogens (tertiary/aromatic N) is 1. The van der Waals surface area contributed by atoms with Crippen LogP contribution in [-0.4, -0.2) is 28.6 Å². The van der Waals surface area contributed by atoms with Crippen molar-refractivity contribution in [2.24, 2.45) is 0 Å². The lowest BCUT2D eigenvalue weighted by molar-refractivity contribution is 0.0910. The van der Waals surface area contributed by atoms with E-state index in [1.54, 1.807) is 18.2 Å². The Morgan fingerprint density at radius 2 is 2.16 bits per heavy atom. The van der Waals surface area contributed by atoms with Crippen LogP contribution in [0.3, 0.4) is 0 Å². The summed E-state index contributed by atoms with van der Waals surface area (Å²) in [6.07, 6.45) is 0.629. The van der Waals surface area contributed by atoms with Crippen molar-refractivity contribution in [2.45, 2.75) is 19.4 Å². The molecular weight excluding hydrogens is 247 g/mol. The Morgan fingerprint density at radius 1 is 1.42 bits per heavy atom. The number of aliphatic hydroxyl groups excluding tert-OH is 1. The van der Waals surface area contributed by atoms with Crippen molar-refractivity contribution in [1.82, 2.24) is 10.3 Å². The lowest BCUT2D eigenvalue weighted by Crippen LogP contribution is -2.37. The third kappa shape index (κ3) is 3.06. The van der Waals surface area contributed by atoms with Crippen molar-refractivity contribution in [1.29, 1.82) is 0 Å². The van der Waals surface area contributed by atoms with Gasteiger partial charge in [0.15, 0.2) is 0 Å². The van der Waals surface area contributed by atoms with E-state index >= 15 is 0 Å². The largest absolute Gasteiger partial charge is 0.394 e. The van der Waals surface area contributed by atoms with Crippen molar-refractivity contribution < 1.29 is 14.3 Å². The zero-order valence-electron chi connectivity index (χ0n) is 10.6. The van der Waals surface area contributed by atoms with E-state index in [1.807, 2.05) is 6.92 Å².